The van der Waals surface area contributed by atoms with Gasteiger partial charge in [-0.15, -0.1) is 0 Å². The Balaban J connectivity index is 2.96. The Morgan fingerprint density at radius 3 is 1.75 bits per heavy atom. The third kappa shape index (κ3) is 11.5. The minimum atomic E-state index is -0.242. The van der Waals surface area contributed by atoms with Gasteiger partial charge in [-0.05, 0) is 6.42 Å². The highest BCUT2D eigenvalue weighted by atomic mass is 14.6. The second-order valence-electron chi connectivity index (χ2n) is 4.71. The second-order valence-corrected chi connectivity index (χ2v) is 4.71. The van der Waals surface area contributed by atoms with Crippen molar-refractivity contribution >= 4 is 0 Å². The summed E-state index contributed by atoms with van der Waals surface area (Å²) in [5.41, 5.74) is 5.52. The summed E-state index contributed by atoms with van der Waals surface area (Å²) in [4.78, 5) is 0. The van der Waals surface area contributed by atoms with E-state index in [2.05, 4.69) is 13.0 Å². The Hall–Kier alpha value is -0.550. The third-order valence-electron chi connectivity index (χ3n) is 3.03. The van der Waals surface area contributed by atoms with E-state index >= 15 is 0 Å². The van der Waals surface area contributed by atoms with Gasteiger partial charge in [0.05, 0.1) is 12.1 Å². The highest BCUT2D eigenvalue weighted by Gasteiger charge is 1.98. The van der Waals surface area contributed by atoms with Crippen molar-refractivity contribution in [2.24, 2.45) is 5.73 Å². The number of hydrogen-bond acceptors (Lipinski definition) is 2. The quantitative estimate of drug-likeness (QED) is 0.536. The molecule has 0 aromatic carbocycles. The molecule has 0 aromatic rings. The number of hydrogen-bond donors (Lipinski definition) is 1. The molecule has 0 rings (SSSR count). The van der Waals surface area contributed by atoms with Crippen molar-refractivity contribution in [3.05, 3.63) is 0 Å². The average Bonchev–Trinajstić information content (AvgIpc) is 2.31. The van der Waals surface area contributed by atoms with Crippen LogP contribution in [0.5, 0.6) is 0 Å². The summed E-state index contributed by atoms with van der Waals surface area (Å²) in [5.74, 6) is 0. The van der Waals surface area contributed by atoms with E-state index in [-0.39, 0.29) is 6.04 Å². The number of unbranched alkanes of at least 4 members (excludes halogenated alkanes) is 9. The lowest BCUT2D eigenvalue weighted by Crippen LogP contribution is -2.16. The fourth-order valence-corrected chi connectivity index (χ4v) is 1.92. The molecule has 16 heavy (non-hydrogen) atoms. The Morgan fingerprint density at radius 2 is 1.31 bits per heavy atom. The Kier molecular flexibility index (Phi) is 12.1. The molecule has 2 N–H and O–H groups in total. The van der Waals surface area contributed by atoms with Crippen LogP contribution < -0.4 is 5.73 Å². The van der Waals surface area contributed by atoms with Crippen LogP contribution in [0.25, 0.3) is 0 Å². The molecule has 0 heterocycles. The van der Waals surface area contributed by atoms with Gasteiger partial charge in [-0.2, -0.15) is 5.26 Å². The van der Waals surface area contributed by atoms with Crippen LogP contribution in [0.15, 0.2) is 0 Å². The minimum Gasteiger partial charge on any atom is -0.316 e. The van der Waals surface area contributed by atoms with Crippen LogP contribution in [-0.4, -0.2) is 6.04 Å². The van der Waals surface area contributed by atoms with Gasteiger partial charge in [-0.1, -0.05) is 71.1 Å². The first kappa shape index (κ1) is 15.4. The zero-order valence-electron chi connectivity index (χ0n) is 10.9. The molecule has 2 nitrogen and oxygen atoms in total. The molecule has 2 heteroatoms. The largest absolute Gasteiger partial charge is 0.316 e. The molecule has 0 aliphatic rings. The molecule has 0 saturated carbocycles. The molecule has 0 saturated heterocycles. The van der Waals surface area contributed by atoms with Crippen LogP contribution in [0.1, 0.15) is 77.6 Å². The van der Waals surface area contributed by atoms with Crippen LogP contribution in [0.3, 0.4) is 0 Å². The fourth-order valence-electron chi connectivity index (χ4n) is 1.92. The molecule has 0 spiro atoms. The Labute approximate surface area is 101 Å². The topological polar surface area (TPSA) is 49.8 Å². The van der Waals surface area contributed by atoms with Gasteiger partial charge in [0.1, 0.15) is 0 Å². The van der Waals surface area contributed by atoms with Crippen LogP contribution >= 0.6 is 0 Å². The normalized spacial score (nSPS) is 12.3. The molecule has 1 unspecified atom stereocenters. The molecule has 1 atom stereocenters. The lowest BCUT2D eigenvalue weighted by atomic mass is 10.0. The zero-order chi connectivity index (χ0) is 12.1. The standard InChI is InChI=1S/C14H28N2/c1-2-3-4-5-6-7-8-9-10-11-12-14(16)13-15/h14H,2-12,16H2,1H3. The van der Waals surface area contributed by atoms with Crippen LogP contribution in [0.2, 0.25) is 0 Å². The van der Waals surface area contributed by atoms with Crippen molar-refractivity contribution in [3.8, 4) is 6.07 Å². The molecular formula is C14H28N2. The lowest BCUT2D eigenvalue weighted by molar-refractivity contribution is 0.543. The molecule has 94 valence electrons. The van der Waals surface area contributed by atoms with Gasteiger partial charge in [-0.25, -0.2) is 0 Å². The predicted octanol–water partition coefficient (Wildman–Crippen LogP) is 4.15. The molecule has 0 bridgehead atoms. The first-order valence-electron chi connectivity index (χ1n) is 6.96. The van der Waals surface area contributed by atoms with Gasteiger partial charge in [0.2, 0.25) is 0 Å². The summed E-state index contributed by atoms with van der Waals surface area (Å²) < 4.78 is 0. The van der Waals surface area contributed by atoms with Gasteiger partial charge in [0.25, 0.3) is 0 Å². The summed E-state index contributed by atoms with van der Waals surface area (Å²) in [6, 6.07) is 1.83. The maximum atomic E-state index is 8.50. The first-order chi connectivity index (χ1) is 7.81. The fraction of sp³-hybridized carbons (Fsp3) is 0.929. The van der Waals surface area contributed by atoms with Crippen LogP contribution in [-0.2, 0) is 0 Å². The zero-order valence-corrected chi connectivity index (χ0v) is 10.9. The SMILES string of the molecule is CCCCCCCCCCCCC(N)C#N. The molecule has 0 amide bonds. The van der Waals surface area contributed by atoms with Crippen molar-refractivity contribution in [3.63, 3.8) is 0 Å². The van der Waals surface area contributed by atoms with E-state index in [0.717, 1.165) is 12.8 Å². The first-order valence-corrected chi connectivity index (χ1v) is 6.96. The summed E-state index contributed by atoms with van der Waals surface area (Å²) in [5, 5.41) is 8.50. The van der Waals surface area contributed by atoms with Gasteiger partial charge < -0.3 is 5.73 Å². The van der Waals surface area contributed by atoms with Crippen molar-refractivity contribution in [1.82, 2.24) is 0 Å². The molecule has 0 aromatic heterocycles. The Morgan fingerprint density at radius 1 is 0.875 bits per heavy atom. The second kappa shape index (κ2) is 12.5. The number of nitrogens with two attached hydrogens (primary N) is 1. The average molecular weight is 224 g/mol. The van der Waals surface area contributed by atoms with Crippen molar-refractivity contribution < 1.29 is 0 Å². The van der Waals surface area contributed by atoms with Crippen LogP contribution in [0, 0.1) is 11.3 Å². The molecule has 0 fully saturated rings. The maximum absolute atomic E-state index is 8.50. The number of rotatable bonds is 11. The lowest BCUT2D eigenvalue weighted by Gasteiger charge is -2.03. The highest BCUT2D eigenvalue weighted by molar-refractivity contribution is 4.85. The Bertz CT molecular complexity index is 172. The van der Waals surface area contributed by atoms with Gasteiger partial charge in [0.15, 0.2) is 0 Å². The van der Waals surface area contributed by atoms with Gasteiger partial charge >= 0.3 is 0 Å². The van der Waals surface area contributed by atoms with E-state index < -0.39 is 0 Å². The number of nitrogens with zero attached hydrogens (tertiary/aromatic N) is 1. The maximum Gasteiger partial charge on any atom is 0.0928 e. The summed E-state index contributed by atoms with van der Waals surface area (Å²) in [6.07, 6.45) is 14.2. The summed E-state index contributed by atoms with van der Waals surface area (Å²) >= 11 is 0. The van der Waals surface area contributed by atoms with E-state index in [0.29, 0.717) is 0 Å². The van der Waals surface area contributed by atoms with Crippen LogP contribution in [0.4, 0.5) is 0 Å². The van der Waals surface area contributed by atoms with Crippen molar-refractivity contribution in [2.75, 3.05) is 0 Å². The molecule has 0 aliphatic carbocycles. The monoisotopic (exact) mass is 224 g/mol. The minimum absolute atomic E-state index is 0.242. The summed E-state index contributed by atoms with van der Waals surface area (Å²) in [7, 11) is 0. The van der Waals surface area contributed by atoms with Gasteiger partial charge in [-0.3, -0.25) is 0 Å². The number of nitriles is 1. The van der Waals surface area contributed by atoms with Gasteiger partial charge in [0, 0.05) is 0 Å². The molecule has 0 radical (unpaired) electrons. The van der Waals surface area contributed by atoms with E-state index in [1.807, 2.05) is 0 Å². The summed E-state index contributed by atoms with van der Waals surface area (Å²) in [6.45, 7) is 2.26. The molecular weight excluding hydrogens is 196 g/mol. The highest BCUT2D eigenvalue weighted by Crippen LogP contribution is 2.11. The van der Waals surface area contributed by atoms with Crippen molar-refractivity contribution in [1.29, 1.82) is 5.26 Å². The van der Waals surface area contributed by atoms with E-state index in [9.17, 15) is 0 Å². The van der Waals surface area contributed by atoms with E-state index in [4.69, 9.17) is 11.0 Å². The van der Waals surface area contributed by atoms with E-state index in [1.165, 1.54) is 57.8 Å². The molecule has 0 aliphatic heterocycles. The van der Waals surface area contributed by atoms with Crippen molar-refractivity contribution in [2.45, 2.75) is 83.6 Å². The smallest absolute Gasteiger partial charge is 0.0928 e. The predicted molar refractivity (Wildman–Crippen MR) is 70.0 cm³/mol. The third-order valence-corrected chi connectivity index (χ3v) is 3.03. The van der Waals surface area contributed by atoms with E-state index in [1.54, 1.807) is 0 Å².